The number of benzene rings is 1. The Bertz CT molecular complexity index is 491. The molecule has 0 heterocycles. The highest BCUT2D eigenvalue weighted by Gasteiger charge is 2.45. The van der Waals surface area contributed by atoms with Crippen molar-refractivity contribution in [2.45, 2.75) is 64.4 Å². The van der Waals surface area contributed by atoms with E-state index in [1.165, 1.54) is 12.1 Å². The third-order valence-corrected chi connectivity index (χ3v) is 4.31. The Morgan fingerprint density at radius 3 is 2.19 bits per heavy atom. The van der Waals surface area contributed by atoms with Gasteiger partial charge in [0.05, 0.1) is 5.41 Å². The van der Waals surface area contributed by atoms with E-state index in [-0.39, 0.29) is 11.8 Å². The Morgan fingerprint density at radius 2 is 1.71 bits per heavy atom. The van der Waals surface area contributed by atoms with Crippen molar-refractivity contribution in [1.29, 1.82) is 0 Å². The van der Waals surface area contributed by atoms with E-state index in [4.69, 9.17) is 4.74 Å². The number of ether oxygens (including phenoxy) is 1. The molecule has 1 fully saturated rings. The van der Waals surface area contributed by atoms with E-state index in [1.54, 1.807) is 12.1 Å². The lowest BCUT2D eigenvalue weighted by atomic mass is 9.67. The fourth-order valence-electron chi connectivity index (χ4n) is 3.01. The van der Waals surface area contributed by atoms with Gasteiger partial charge in [-0.25, -0.2) is 4.39 Å². The summed E-state index contributed by atoms with van der Waals surface area (Å²) in [5, 5.41) is 0. The number of hydrogen-bond donors (Lipinski definition) is 0. The van der Waals surface area contributed by atoms with E-state index >= 15 is 0 Å². The SMILES string of the molecule is CC1CCC(C(=O)OC(C)(C)C)(c2ccc(F)cc2)CC1. The molecule has 0 bridgehead atoms. The lowest BCUT2D eigenvalue weighted by Gasteiger charge is -2.39. The van der Waals surface area contributed by atoms with Crippen LogP contribution in [0.25, 0.3) is 0 Å². The van der Waals surface area contributed by atoms with Crippen molar-refractivity contribution in [1.82, 2.24) is 0 Å². The van der Waals surface area contributed by atoms with Crippen LogP contribution in [0.4, 0.5) is 4.39 Å². The van der Waals surface area contributed by atoms with E-state index < -0.39 is 11.0 Å². The highest BCUT2D eigenvalue weighted by molar-refractivity contribution is 5.83. The summed E-state index contributed by atoms with van der Waals surface area (Å²) in [6, 6.07) is 6.32. The van der Waals surface area contributed by atoms with E-state index in [0.717, 1.165) is 31.2 Å². The van der Waals surface area contributed by atoms with Crippen LogP contribution in [0.1, 0.15) is 58.9 Å². The summed E-state index contributed by atoms with van der Waals surface area (Å²) < 4.78 is 18.9. The molecule has 1 saturated carbocycles. The van der Waals surface area contributed by atoms with E-state index in [0.29, 0.717) is 5.92 Å². The predicted octanol–water partition coefficient (Wildman–Crippen LogP) is 4.62. The molecule has 0 aliphatic heterocycles. The van der Waals surface area contributed by atoms with Crippen molar-refractivity contribution in [3.8, 4) is 0 Å². The minimum atomic E-state index is -0.618. The van der Waals surface area contributed by atoms with Gasteiger partial charge in [-0.1, -0.05) is 19.1 Å². The molecule has 1 aliphatic rings. The highest BCUT2D eigenvalue weighted by atomic mass is 19.1. The average molecular weight is 292 g/mol. The number of hydrogen-bond acceptors (Lipinski definition) is 2. The molecule has 0 saturated heterocycles. The maximum absolute atomic E-state index is 13.2. The Kier molecular flexibility index (Phi) is 4.40. The lowest BCUT2D eigenvalue weighted by Crippen LogP contribution is -2.43. The van der Waals surface area contributed by atoms with Crippen molar-refractivity contribution in [3.63, 3.8) is 0 Å². The van der Waals surface area contributed by atoms with Crippen molar-refractivity contribution < 1.29 is 13.9 Å². The molecular formula is C18H25FO2. The van der Waals surface area contributed by atoms with Crippen molar-refractivity contribution in [2.24, 2.45) is 5.92 Å². The lowest BCUT2D eigenvalue weighted by molar-refractivity contribution is -0.164. The van der Waals surface area contributed by atoms with Gasteiger partial charge in [0.1, 0.15) is 11.4 Å². The number of carbonyl (C=O) groups excluding carboxylic acids is 1. The summed E-state index contributed by atoms with van der Waals surface area (Å²) in [6.45, 7) is 7.86. The molecule has 0 N–H and O–H groups in total. The number of halogens is 1. The normalized spacial score (nSPS) is 26.4. The van der Waals surface area contributed by atoms with Gasteiger partial charge in [0.25, 0.3) is 0 Å². The summed E-state index contributed by atoms with van der Waals surface area (Å²) >= 11 is 0. The first kappa shape index (κ1) is 16.0. The maximum atomic E-state index is 13.2. The zero-order valence-corrected chi connectivity index (χ0v) is 13.4. The molecule has 0 aromatic heterocycles. The van der Waals surface area contributed by atoms with Gasteiger partial charge in [0, 0.05) is 0 Å². The first-order chi connectivity index (χ1) is 9.73. The first-order valence-corrected chi connectivity index (χ1v) is 7.72. The summed E-state index contributed by atoms with van der Waals surface area (Å²) in [6.07, 6.45) is 3.54. The Morgan fingerprint density at radius 1 is 1.19 bits per heavy atom. The zero-order chi connectivity index (χ0) is 15.7. The van der Waals surface area contributed by atoms with Gasteiger partial charge < -0.3 is 4.74 Å². The van der Waals surface area contributed by atoms with Gasteiger partial charge in [-0.2, -0.15) is 0 Å². The average Bonchev–Trinajstić information content (AvgIpc) is 2.39. The molecule has 21 heavy (non-hydrogen) atoms. The Balaban J connectivity index is 2.35. The molecule has 1 aromatic rings. The van der Waals surface area contributed by atoms with Crippen LogP contribution in [0.3, 0.4) is 0 Å². The van der Waals surface area contributed by atoms with Crippen molar-refractivity contribution >= 4 is 5.97 Å². The smallest absolute Gasteiger partial charge is 0.317 e. The van der Waals surface area contributed by atoms with Gasteiger partial charge in [-0.15, -0.1) is 0 Å². The summed E-state index contributed by atoms with van der Waals surface area (Å²) in [4.78, 5) is 12.8. The summed E-state index contributed by atoms with van der Waals surface area (Å²) in [5.41, 5.74) is -0.245. The largest absolute Gasteiger partial charge is 0.459 e. The minimum absolute atomic E-state index is 0.173. The van der Waals surface area contributed by atoms with Gasteiger partial charge in [0.2, 0.25) is 0 Å². The van der Waals surface area contributed by atoms with E-state index in [1.807, 2.05) is 20.8 Å². The molecule has 0 radical (unpaired) electrons. The fourth-order valence-corrected chi connectivity index (χ4v) is 3.01. The number of esters is 1. The maximum Gasteiger partial charge on any atom is 0.317 e. The van der Waals surface area contributed by atoms with Gasteiger partial charge in [-0.05, 0) is 70.1 Å². The molecular weight excluding hydrogens is 267 g/mol. The fraction of sp³-hybridized carbons (Fsp3) is 0.611. The van der Waals surface area contributed by atoms with Crippen LogP contribution in [0, 0.1) is 11.7 Å². The molecule has 0 amide bonds. The third kappa shape index (κ3) is 3.63. The molecule has 3 heteroatoms. The van der Waals surface area contributed by atoms with Gasteiger partial charge in [-0.3, -0.25) is 4.79 Å². The summed E-state index contributed by atoms with van der Waals surface area (Å²) in [7, 11) is 0. The predicted molar refractivity (Wildman–Crippen MR) is 81.6 cm³/mol. The molecule has 0 spiro atoms. The van der Waals surface area contributed by atoms with Crippen molar-refractivity contribution in [2.75, 3.05) is 0 Å². The molecule has 2 nitrogen and oxygen atoms in total. The van der Waals surface area contributed by atoms with Gasteiger partial charge in [0.15, 0.2) is 0 Å². The molecule has 116 valence electrons. The second kappa shape index (κ2) is 5.78. The Labute approximate surface area is 126 Å². The van der Waals surface area contributed by atoms with E-state index in [9.17, 15) is 9.18 Å². The molecule has 0 unspecified atom stereocenters. The van der Waals surface area contributed by atoms with Crippen LogP contribution in [0.2, 0.25) is 0 Å². The van der Waals surface area contributed by atoms with Crippen molar-refractivity contribution in [3.05, 3.63) is 35.6 Å². The topological polar surface area (TPSA) is 26.3 Å². The molecule has 2 rings (SSSR count). The van der Waals surface area contributed by atoms with Crippen LogP contribution in [-0.4, -0.2) is 11.6 Å². The van der Waals surface area contributed by atoms with Crippen LogP contribution in [0.15, 0.2) is 24.3 Å². The molecule has 0 atom stereocenters. The van der Waals surface area contributed by atoms with E-state index in [2.05, 4.69) is 6.92 Å². The number of carbonyl (C=O) groups is 1. The zero-order valence-electron chi connectivity index (χ0n) is 13.4. The number of rotatable bonds is 2. The van der Waals surface area contributed by atoms with Crippen LogP contribution >= 0.6 is 0 Å². The summed E-state index contributed by atoms with van der Waals surface area (Å²) in [5.74, 6) is 0.178. The van der Waals surface area contributed by atoms with Crippen LogP contribution in [0.5, 0.6) is 0 Å². The highest BCUT2D eigenvalue weighted by Crippen LogP contribution is 2.43. The third-order valence-electron chi connectivity index (χ3n) is 4.31. The minimum Gasteiger partial charge on any atom is -0.459 e. The van der Waals surface area contributed by atoms with Crippen LogP contribution in [-0.2, 0) is 14.9 Å². The Hall–Kier alpha value is -1.38. The molecule has 1 aromatic carbocycles. The second-order valence-electron chi connectivity index (χ2n) is 7.27. The quantitative estimate of drug-likeness (QED) is 0.744. The molecule has 1 aliphatic carbocycles. The van der Waals surface area contributed by atoms with Crippen LogP contribution < -0.4 is 0 Å². The standard InChI is InChI=1S/C18H25FO2/c1-13-9-11-18(12-10-13,16(20)21-17(2,3)4)14-5-7-15(19)8-6-14/h5-8,13H,9-12H2,1-4H3. The second-order valence-corrected chi connectivity index (χ2v) is 7.27. The van der Waals surface area contributed by atoms with Gasteiger partial charge >= 0.3 is 5.97 Å². The first-order valence-electron chi connectivity index (χ1n) is 7.72. The monoisotopic (exact) mass is 292 g/mol.